The number of aryl methyl sites for hydroxylation is 2. The molecule has 1 heterocycles. The number of benzene rings is 1. The maximum absolute atomic E-state index is 4.98. The molecule has 0 fully saturated rings. The Balaban J connectivity index is 2.60. The molecule has 1 nitrogen and oxygen atoms in total. The van der Waals surface area contributed by atoms with Gasteiger partial charge in [-0.3, -0.25) is 0 Å². The zero-order chi connectivity index (χ0) is 11.7. The van der Waals surface area contributed by atoms with Gasteiger partial charge in [-0.05, 0) is 19.1 Å². The molecule has 16 heavy (non-hydrogen) atoms. The van der Waals surface area contributed by atoms with Crippen LogP contribution < -0.4 is 4.57 Å². The van der Waals surface area contributed by atoms with Crippen LogP contribution in [0.1, 0.15) is 11.3 Å². The molecule has 0 radical (unpaired) electrons. The number of aromatic nitrogens is 1. The van der Waals surface area contributed by atoms with Gasteiger partial charge in [0.05, 0.1) is 0 Å². The second-order valence-corrected chi connectivity index (χ2v) is 5.24. The number of fused-ring (bicyclic) bond motifs is 1. The summed E-state index contributed by atoms with van der Waals surface area (Å²) >= 11 is 9.96. The predicted molar refractivity (Wildman–Crippen MR) is 73.5 cm³/mol. The number of pyridine rings is 1. The normalized spacial score (nSPS) is 10.6. The lowest BCUT2D eigenvalue weighted by atomic mass is 10.1. The van der Waals surface area contributed by atoms with Gasteiger partial charge in [-0.15, -0.1) is 4.20 Å². The zero-order valence-electron chi connectivity index (χ0n) is 9.36. The highest BCUT2D eigenvalue weighted by Crippen LogP contribution is 2.13. The molecule has 82 valence electrons. The SMILES string of the molecule is Cc1ccc2c(ccc(CC(=S)[S-])[n+]2C)c1. The minimum absolute atomic E-state index is 0.613. The third kappa shape index (κ3) is 2.20. The van der Waals surface area contributed by atoms with E-state index in [0.29, 0.717) is 10.6 Å². The van der Waals surface area contributed by atoms with Gasteiger partial charge in [0, 0.05) is 23.9 Å². The van der Waals surface area contributed by atoms with Crippen LogP contribution in [0, 0.1) is 6.92 Å². The van der Waals surface area contributed by atoms with E-state index in [1.54, 1.807) is 0 Å². The van der Waals surface area contributed by atoms with Gasteiger partial charge in [-0.1, -0.05) is 11.6 Å². The summed E-state index contributed by atoms with van der Waals surface area (Å²) in [6.07, 6.45) is 0.685. The molecule has 0 spiro atoms. The number of thiocarbonyl (C=S) groups is 1. The van der Waals surface area contributed by atoms with Crippen molar-refractivity contribution in [3.05, 3.63) is 41.6 Å². The van der Waals surface area contributed by atoms with Crippen molar-refractivity contribution in [2.24, 2.45) is 7.05 Å². The second-order valence-electron chi connectivity index (χ2n) is 3.99. The molecule has 0 saturated heterocycles. The van der Waals surface area contributed by atoms with Crippen LogP contribution in [0.2, 0.25) is 0 Å². The van der Waals surface area contributed by atoms with Crippen molar-refractivity contribution in [3.8, 4) is 0 Å². The Morgan fingerprint density at radius 3 is 2.75 bits per heavy atom. The van der Waals surface area contributed by atoms with Crippen LogP contribution in [0.3, 0.4) is 0 Å². The number of hydrogen-bond donors (Lipinski definition) is 0. The van der Waals surface area contributed by atoms with E-state index in [1.807, 2.05) is 0 Å². The summed E-state index contributed by atoms with van der Waals surface area (Å²) in [4.78, 5) is 0. The fraction of sp³-hybridized carbons (Fsp3) is 0.231. The lowest BCUT2D eigenvalue weighted by molar-refractivity contribution is -0.652. The van der Waals surface area contributed by atoms with Crippen LogP contribution >= 0.6 is 12.2 Å². The van der Waals surface area contributed by atoms with Crippen LogP contribution in [0.25, 0.3) is 10.9 Å². The molecule has 0 bridgehead atoms. The summed E-state index contributed by atoms with van der Waals surface area (Å²) in [5.41, 5.74) is 3.66. The van der Waals surface area contributed by atoms with Crippen molar-refractivity contribution >= 4 is 39.9 Å². The van der Waals surface area contributed by atoms with E-state index >= 15 is 0 Å². The van der Waals surface area contributed by atoms with Crippen molar-refractivity contribution in [1.29, 1.82) is 0 Å². The standard InChI is InChI=1S/C13H13NS2/c1-9-3-6-12-10(7-9)4-5-11(14(12)2)8-13(15)16/h3-7H,8H2,1-2H3. The molecule has 2 rings (SSSR count). The molecule has 0 unspecified atom stereocenters. The van der Waals surface area contributed by atoms with Gasteiger partial charge in [-0.25, -0.2) is 0 Å². The van der Waals surface area contributed by atoms with Gasteiger partial charge >= 0.3 is 0 Å². The highest BCUT2D eigenvalue weighted by molar-refractivity contribution is 8.00. The second kappa shape index (κ2) is 4.44. The van der Waals surface area contributed by atoms with Gasteiger partial charge in [0.1, 0.15) is 7.05 Å². The highest BCUT2D eigenvalue weighted by Gasteiger charge is 2.10. The largest absolute Gasteiger partial charge is 0.432 e. The monoisotopic (exact) mass is 247 g/mol. The third-order valence-electron chi connectivity index (χ3n) is 2.76. The maximum atomic E-state index is 4.98. The molecule has 3 heteroatoms. The highest BCUT2D eigenvalue weighted by atomic mass is 32.1. The zero-order valence-corrected chi connectivity index (χ0v) is 11.0. The summed E-state index contributed by atoms with van der Waals surface area (Å²) in [7, 11) is 2.06. The van der Waals surface area contributed by atoms with Crippen molar-refractivity contribution in [1.82, 2.24) is 0 Å². The molecule has 0 saturated carbocycles. The first-order valence-corrected chi connectivity index (χ1v) is 5.97. The van der Waals surface area contributed by atoms with E-state index in [0.717, 1.165) is 5.69 Å². The van der Waals surface area contributed by atoms with Crippen LogP contribution in [0.15, 0.2) is 30.3 Å². The minimum atomic E-state index is 0.613. The summed E-state index contributed by atoms with van der Waals surface area (Å²) < 4.78 is 2.77. The Kier molecular flexibility index (Phi) is 3.17. The van der Waals surface area contributed by atoms with E-state index in [1.165, 1.54) is 16.5 Å². The Labute approximate surface area is 107 Å². The average molecular weight is 247 g/mol. The van der Waals surface area contributed by atoms with Crippen LogP contribution in [0.5, 0.6) is 0 Å². The van der Waals surface area contributed by atoms with E-state index < -0.39 is 0 Å². The fourth-order valence-electron chi connectivity index (χ4n) is 1.89. The summed E-state index contributed by atoms with van der Waals surface area (Å²) in [6.45, 7) is 2.10. The van der Waals surface area contributed by atoms with Gasteiger partial charge in [0.25, 0.3) is 0 Å². The molecule has 1 aromatic carbocycles. The van der Waals surface area contributed by atoms with Crippen molar-refractivity contribution in [2.45, 2.75) is 13.3 Å². The van der Waals surface area contributed by atoms with Gasteiger partial charge in [0.2, 0.25) is 5.52 Å². The van der Waals surface area contributed by atoms with E-state index in [9.17, 15) is 0 Å². The van der Waals surface area contributed by atoms with Crippen molar-refractivity contribution in [3.63, 3.8) is 0 Å². The van der Waals surface area contributed by atoms with Crippen molar-refractivity contribution in [2.75, 3.05) is 0 Å². The van der Waals surface area contributed by atoms with Crippen LogP contribution in [-0.2, 0) is 26.1 Å². The quantitative estimate of drug-likeness (QED) is 0.456. The molecule has 0 aliphatic carbocycles. The molecule has 0 aliphatic rings. The summed E-state index contributed by atoms with van der Waals surface area (Å²) in [5.74, 6) is 0. The molecular formula is C13H13NS2. The predicted octanol–water partition coefficient (Wildman–Crippen LogP) is 2.39. The first-order valence-electron chi connectivity index (χ1n) is 5.16. The Bertz CT molecular complexity index is 561. The molecule has 1 aromatic heterocycles. The van der Waals surface area contributed by atoms with Crippen molar-refractivity contribution < 1.29 is 4.57 Å². The lowest BCUT2D eigenvalue weighted by Gasteiger charge is -2.06. The topological polar surface area (TPSA) is 3.88 Å². The third-order valence-corrected chi connectivity index (χ3v) is 3.04. The number of hydrogen-bond acceptors (Lipinski definition) is 2. The first kappa shape index (κ1) is 11.4. The molecule has 0 atom stereocenters. The van der Waals surface area contributed by atoms with Crippen LogP contribution in [-0.4, -0.2) is 4.20 Å². The smallest absolute Gasteiger partial charge is 0.212 e. The lowest BCUT2D eigenvalue weighted by Crippen LogP contribution is -2.35. The number of nitrogens with zero attached hydrogens (tertiary/aromatic N) is 1. The Hall–Kier alpha value is -1.06. The van der Waals surface area contributed by atoms with E-state index in [2.05, 4.69) is 48.9 Å². The van der Waals surface area contributed by atoms with Gasteiger partial charge in [0.15, 0.2) is 5.69 Å². The minimum Gasteiger partial charge on any atom is -0.432 e. The molecule has 2 aromatic rings. The average Bonchev–Trinajstić information content (AvgIpc) is 2.22. The molecule has 0 N–H and O–H groups in total. The van der Waals surface area contributed by atoms with E-state index in [-0.39, 0.29) is 0 Å². The maximum Gasteiger partial charge on any atom is 0.212 e. The molecular weight excluding hydrogens is 234 g/mol. The summed E-state index contributed by atoms with van der Waals surface area (Å²) in [5, 5.41) is 1.25. The van der Waals surface area contributed by atoms with Gasteiger partial charge < -0.3 is 24.8 Å². The van der Waals surface area contributed by atoms with Gasteiger partial charge in [-0.2, -0.15) is 4.57 Å². The molecule has 0 amide bonds. The van der Waals surface area contributed by atoms with Crippen LogP contribution in [0.4, 0.5) is 0 Å². The molecule has 0 aliphatic heterocycles. The Morgan fingerprint density at radius 2 is 2.06 bits per heavy atom. The first-order chi connectivity index (χ1) is 7.58. The Morgan fingerprint density at radius 1 is 1.31 bits per heavy atom. The fourth-order valence-corrected chi connectivity index (χ4v) is 2.19. The number of rotatable bonds is 2. The van der Waals surface area contributed by atoms with E-state index in [4.69, 9.17) is 24.8 Å². The summed E-state index contributed by atoms with van der Waals surface area (Å²) in [6, 6.07) is 10.7.